The van der Waals surface area contributed by atoms with E-state index in [2.05, 4.69) is 15.5 Å². The molecule has 4 heterocycles. The van der Waals surface area contributed by atoms with Crippen LogP contribution in [0.1, 0.15) is 20.3 Å². The van der Waals surface area contributed by atoms with Gasteiger partial charge in [0.25, 0.3) is 0 Å². The summed E-state index contributed by atoms with van der Waals surface area (Å²) >= 11 is 1.62. The third-order valence-electron chi connectivity index (χ3n) is 6.47. The third kappa shape index (κ3) is 3.47. The van der Waals surface area contributed by atoms with E-state index >= 15 is 0 Å². The quantitative estimate of drug-likeness (QED) is 0.435. The van der Waals surface area contributed by atoms with Crippen LogP contribution < -0.4 is 10.6 Å². The molecule has 0 aromatic rings. The van der Waals surface area contributed by atoms with Crippen LogP contribution >= 0.6 is 11.8 Å². The lowest BCUT2D eigenvalue weighted by atomic mass is 9.79. The molecule has 4 rings (SSSR count). The molecule has 0 aliphatic carbocycles. The molecule has 8 nitrogen and oxygen atoms in total. The van der Waals surface area contributed by atoms with Gasteiger partial charge in [-0.3, -0.25) is 9.69 Å². The van der Waals surface area contributed by atoms with Crippen LogP contribution in [-0.4, -0.2) is 94.6 Å². The highest BCUT2D eigenvalue weighted by Crippen LogP contribution is 2.51. The number of nitrogens with zero attached hydrogens (tertiary/aromatic N) is 2. The molecule has 156 valence electrons. The lowest BCUT2D eigenvalue weighted by Crippen LogP contribution is -2.63. The zero-order chi connectivity index (χ0) is 20.0. The molecule has 0 spiro atoms. The molecule has 4 N–H and O–H groups in total. The van der Waals surface area contributed by atoms with E-state index in [1.165, 1.54) is 4.90 Å². The molecular formula is C19H30N4O4S. The Morgan fingerprint density at radius 2 is 2.07 bits per heavy atom. The van der Waals surface area contributed by atoms with Crippen molar-refractivity contribution in [3.05, 3.63) is 10.6 Å². The first-order chi connectivity index (χ1) is 13.4. The summed E-state index contributed by atoms with van der Waals surface area (Å²) in [5, 5.41) is 27.0. The predicted molar refractivity (Wildman–Crippen MR) is 107 cm³/mol. The summed E-state index contributed by atoms with van der Waals surface area (Å²) in [5.41, 5.74) is 0.134. The number of carboxylic acids is 1. The maximum Gasteiger partial charge on any atom is 0.353 e. The van der Waals surface area contributed by atoms with Crippen molar-refractivity contribution in [2.24, 2.45) is 11.8 Å². The number of fused-ring (bicyclic) bond motifs is 1. The summed E-state index contributed by atoms with van der Waals surface area (Å²) < 4.78 is 0. The van der Waals surface area contributed by atoms with E-state index in [1.54, 1.807) is 18.7 Å². The van der Waals surface area contributed by atoms with Crippen molar-refractivity contribution in [3.63, 3.8) is 0 Å². The monoisotopic (exact) mass is 410 g/mol. The second-order valence-electron chi connectivity index (χ2n) is 8.40. The second-order valence-corrected chi connectivity index (χ2v) is 9.75. The van der Waals surface area contributed by atoms with Crippen molar-refractivity contribution < 1.29 is 19.8 Å². The number of aliphatic hydroxyl groups excluding tert-OH is 1. The Morgan fingerprint density at radius 3 is 2.71 bits per heavy atom. The minimum absolute atomic E-state index is 0.0550. The summed E-state index contributed by atoms with van der Waals surface area (Å²) in [6.45, 7) is 9.68. The van der Waals surface area contributed by atoms with Crippen LogP contribution in [0.5, 0.6) is 0 Å². The van der Waals surface area contributed by atoms with E-state index in [-0.39, 0.29) is 23.6 Å². The lowest BCUT2D eigenvalue weighted by Gasteiger charge is -2.46. The van der Waals surface area contributed by atoms with Gasteiger partial charge in [0, 0.05) is 61.4 Å². The van der Waals surface area contributed by atoms with Gasteiger partial charge in [-0.1, -0.05) is 6.92 Å². The van der Waals surface area contributed by atoms with Crippen LogP contribution in [0.2, 0.25) is 0 Å². The summed E-state index contributed by atoms with van der Waals surface area (Å²) in [5.74, 6) is -1.86. The molecular weight excluding hydrogens is 380 g/mol. The van der Waals surface area contributed by atoms with Gasteiger partial charge in [-0.25, -0.2) is 4.79 Å². The Hall–Kier alpha value is -1.13. The number of amides is 1. The topological polar surface area (TPSA) is 105 Å². The van der Waals surface area contributed by atoms with Crippen LogP contribution in [0.15, 0.2) is 10.6 Å². The minimum atomic E-state index is -1.04. The number of rotatable bonds is 6. The van der Waals surface area contributed by atoms with E-state index in [1.807, 2.05) is 6.92 Å². The van der Waals surface area contributed by atoms with Gasteiger partial charge in [-0.15, -0.1) is 11.8 Å². The highest BCUT2D eigenvalue weighted by Gasteiger charge is 2.60. The number of nitrogens with one attached hydrogen (secondary N) is 2. The number of carbonyl (C=O) groups excluding carboxylic acids is 1. The Bertz CT molecular complexity index is 679. The number of thioether (sulfide) groups is 1. The molecule has 0 saturated carbocycles. The molecule has 0 unspecified atom stereocenters. The average molecular weight is 411 g/mol. The number of piperazine rings is 1. The molecule has 9 heteroatoms. The highest BCUT2D eigenvalue weighted by molar-refractivity contribution is 8.03. The standard InChI is InChI=1S/C19H30N4O4S/c1-10-15-14(11(2)24)18(25)23(15)16(19(26)27)17(10)28-13-7-12(21-8-13)9-22-5-3-20-4-6-22/h10-15,20-21,24H,3-9H2,1-2H3,(H,26,27)/t10-,11-,12+,13+,14-,15-/m1/s1. The minimum Gasteiger partial charge on any atom is -0.477 e. The van der Waals surface area contributed by atoms with E-state index in [0.717, 1.165) is 50.6 Å². The molecule has 6 atom stereocenters. The zero-order valence-corrected chi connectivity index (χ0v) is 17.2. The fraction of sp³-hybridized carbons (Fsp3) is 0.789. The number of β-lactam (4-membered cyclic amide) rings is 1. The van der Waals surface area contributed by atoms with Crippen LogP contribution in [0, 0.1) is 11.8 Å². The average Bonchev–Trinajstić information content (AvgIpc) is 3.17. The summed E-state index contributed by atoms with van der Waals surface area (Å²) in [4.78, 5) is 29.0. The second kappa shape index (κ2) is 7.95. The molecule has 0 bridgehead atoms. The van der Waals surface area contributed by atoms with E-state index in [0.29, 0.717) is 11.3 Å². The first-order valence-corrected chi connectivity index (χ1v) is 11.1. The third-order valence-corrected chi connectivity index (χ3v) is 7.99. The maximum absolute atomic E-state index is 12.4. The SMILES string of the molecule is C[C@@H](O)[C@H]1C(=O)N2C(C(=O)O)=C(S[C@@H]3CN[C@H](CN4CCNCC4)C3)[C@H](C)[C@H]12. The Balaban J connectivity index is 1.42. The molecule has 3 fully saturated rings. The van der Waals surface area contributed by atoms with Gasteiger partial charge in [0.2, 0.25) is 5.91 Å². The van der Waals surface area contributed by atoms with Crippen molar-refractivity contribution in [1.29, 1.82) is 0 Å². The molecule has 0 aromatic heterocycles. The van der Waals surface area contributed by atoms with Crippen molar-refractivity contribution in [2.75, 3.05) is 39.3 Å². The first kappa shape index (κ1) is 20.2. The van der Waals surface area contributed by atoms with E-state index in [9.17, 15) is 19.8 Å². The maximum atomic E-state index is 12.4. The number of hydrogen-bond donors (Lipinski definition) is 4. The normalized spacial score (nSPS) is 37.2. The van der Waals surface area contributed by atoms with Gasteiger partial charge < -0.3 is 25.7 Å². The van der Waals surface area contributed by atoms with Crippen LogP contribution in [0.25, 0.3) is 0 Å². The van der Waals surface area contributed by atoms with Crippen LogP contribution in [0.3, 0.4) is 0 Å². The predicted octanol–water partition coefficient (Wildman–Crippen LogP) is -0.491. The number of hydrogen-bond acceptors (Lipinski definition) is 7. The Kier molecular flexibility index (Phi) is 5.72. The Labute approximate surface area is 169 Å². The van der Waals surface area contributed by atoms with Crippen molar-refractivity contribution in [2.45, 2.75) is 43.7 Å². The number of aliphatic carboxylic acids is 1. The smallest absolute Gasteiger partial charge is 0.353 e. The largest absolute Gasteiger partial charge is 0.477 e. The molecule has 1 amide bonds. The lowest BCUT2D eigenvalue weighted by molar-refractivity contribution is -0.163. The molecule has 3 saturated heterocycles. The molecule has 4 aliphatic heterocycles. The Morgan fingerprint density at radius 1 is 1.36 bits per heavy atom. The number of aliphatic hydroxyl groups is 1. The summed E-state index contributed by atoms with van der Waals surface area (Å²) in [7, 11) is 0. The van der Waals surface area contributed by atoms with Crippen molar-refractivity contribution >= 4 is 23.6 Å². The van der Waals surface area contributed by atoms with E-state index < -0.39 is 18.0 Å². The summed E-state index contributed by atoms with van der Waals surface area (Å²) in [6, 6.07) is 0.192. The van der Waals surface area contributed by atoms with Gasteiger partial charge in [0.1, 0.15) is 5.70 Å². The van der Waals surface area contributed by atoms with Gasteiger partial charge in [0.15, 0.2) is 0 Å². The van der Waals surface area contributed by atoms with Gasteiger partial charge in [-0.05, 0) is 13.3 Å². The van der Waals surface area contributed by atoms with Gasteiger partial charge in [0.05, 0.1) is 18.1 Å². The first-order valence-electron chi connectivity index (χ1n) is 10.2. The summed E-state index contributed by atoms with van der Waals surface area (Å²) in [6.07, 6.45) is 0.239. The van der Waals surface area contributed by atoms with E-state index in [4.69, 9.17) is 0 Å². The van der Waals surface area contributed by atoms with Gasteiger partial charge in [-0.2, -0.15) is 0 Å². The number of carboxylic acid groups (broad SMARTS) is 1. The van der Waals surface area contributed by atoms with Crippen molar-refractivity contribution in [3.8, 4) is 0 Å². The fourth-order valence-electron chi connectivity index (χ4n) is 5.07. The molecule has 4 aliphatic rings. The molecule has 28 heavy (non-hydrogen) atoms. The van der Waals surface area contributed by atoms with Gasteiger partial charge >= 0.3 is 5.97 Å². The highest BCUT2D eigenvalue weighted by atomic mass is 32.2. The number of carbonyl (C=O) groups is 2. The van der Waals surface area contributed by atoms with Crippen LogP contribution in [-0.2, 0) is 9.59 Å². The van der Waals surface area contributed by atoms with Crippen molar-refractivity contribution in [1.82, 2.24) is 20.4 Å². The zero-order valence-electron chi connectivity index (χ0n) is 16.4. The van der Waals surface area contributed by atoms with Crippen LogP contribution in [0.4, 0.5) is 0 Å². The molecule has 0 aromatic carbocycles. The fourth-order valence-corrected chi connectivity index (χ4v) is 6.59. The molecule has 0 radical (unpaired) electrons.